The van der Waals surface area contributed by atoms with Crippen LogP contribution in [-0.4, -0.2) is 43.0 Å². The molecule has 0 aromatic heterocycles. The van der Waals surface area contributed by atoms with Crippen LogP contribution in [0.5, 0.6) is 0 Å². The molecule has 1 fully saturated rings. The van der Waals surface area contributed by atoms with Gasteiger partial charge in [-0.05, 0) is 36.9 Å². The number of likely N-dealkylation sites (N-methyl/N-ethyl adjacent to an activating group) is 1. The fourth-order valence-corrected chi connectivity index (χ4v) is 2.44. The van der Waals surface area contributed by atoms with E-state index in [-0.39, 0.29) is 5.57 Å². The molecule has 0 N–H and O–H groups in total. The highest BCUT2D eigenvalue weighted by Crippen LogP contribution is 2.23. The first kappa shape index (κ1) is 16.1. The summed E-state index contributed by atoms with van der Waals surface area (Å²) in [5, 5.41) is 18.5. The second kappa shape index (κ2) is 7.66. The lowest BCUT2D eigenvalue weighted by molar-refractivity contribution is 0.207. The van der Waals surface area contributed by atoms with Crippen LogP contribution in [0, 0.1) is 22.7 Å². The number of rotatable bonds is 3. The average molecular weight is 313 g/mol. The van der Waals surface area contributed by atoms with E-state index in [2.05, 4.69) is 16.8 Å². The van der Waals surface area contributed by atoms with Crippen LogP contribution in [0.3, 0.4) is 0 Å². The highest BCUT2D eigenvalue weighted by Gasteiger charge is 2.17. The zero-order valence-electron chi connectivity index (χ0n) is 12.5. The molecule has 5 heteroatoms. The minimum atomic E-state index is 0.0978. The minimum Gasteiger partial charge on any atom is -0.368 e. The van der Waals surface area contributed by atoms with E-state index in [0.29, 0.717) is 5.02 Å². The Labute approximate surface area is 136 Å². The molecule has 22 heavy (non-hydrogen) atoms. The normalized spacial score (nSPS) is 15.8. The van der Waals surface area contributed by atoms with E-state index in [9.17, 15) is 0 Å². The molecular weight excluding hydrogens is 296 g/mol. The monoisotopic (exact) mass is 312 g/mol. The average Bonchev–Trinajstić information content (AvgIpc) is 2.54. The van der Waals surface area contributed by atoms with Gasteiger partial charge in [-0.25, -0.2) is 0 Å². The van der Waals surface area contributed by atoms with Crippen molar-refractivity contribution in [3.05, 3.63) is 52.6 Å². The topological polar surface area (TPSA) is 54.1 Å². The Morgan fingerprint density at radius 1 is 1.05 bits per heavy atom. The zero-order chi connectivity index (χ0) is 15.9. The summed E-state index contributed by atoms with van der Waals surface area (Å²) in [7, 11) is 2.10. The molecule has 0 radical (unpaired) electrons. The summed E-state index contributed by atoms with van der Waals surface area (Å²) in [6, 6.07) is 11.4. The van der Waals surface area contributed by atoms with Crippen molar-refractivity contribution in [3.63, 3.8) is 0 Å². The SMILES string of the molecule is CN1CCN(C(=CC=C(C#N)C#N)c2ccc(Cl)cc2)CC1. The Kier molecular flexibility index (Phi) is 5.61. The van der Waals surface area contributed by atoms with Crippen molar-refractivity contribution in [1.82, 2.24) is 9.80 Å². The van der Waals surface area contributed by atoms with Gasteiger partial charge in [0, 0.05) is 36.9 Å². The number of halogens is 1. The fraction of sp³-hybridized carbons (Fsp3) is 0.294. The maximum Gasteiger partial charge on any atom is 0.129 e. The molecule has 1 aliphatic rings. The van der Waals surface area contributed by atoms with Crippen molar-refractivity contribution in [2.45, 2.75) is 0 Å². The molecule has 0 aliphatic carbocycles. The van der Waals surface area contributed by atoms with Gasteiger partial charge in [0.2, 0.25) is 0 Å². The lowest BCUT2D eigenvalue weighted by Crippen LogP contribution is -2.43. The first-order valence-electron chi connectivity index (χ1n) is 7.05. The number of hydrogen-bond donors (Lipinski definition) is 0. The standard InChI is InChI=1S/C17H17ClN4/c1-21-8-10-22(11-9-21)17(7-2-14(12-19)13-20)15-3-5-16(18)6-4-15/h2-7H,8-11H2,1H3. The molecule has 0 atom stereocenters. The van der Waals surface area contributed by atoms with E-state index >= 15 is 0 Å². The van der Waals surface area contributed by atoms with Crippen LogP contribution in [-0.2, 0) is 0 Å². The first-order chi connectivity index (χ1) is 10.6. The van der Waals surface area contributed by atoms with Crippen LogP contribution >= 0.6 is 11.6 Å². The summed E-state index contributed by atoms with van der Waals surface area (Å²) < 4.78 is 0. The molecule has 4 nitrogen and oxygen atoms in total. The van der Waals surface area contributed by atoms with Crippen molar-refractivity contribution in [2.24, 2.45) is 0 Å². The maximum atomic E-state index is 8.88. The van der Waals surface area contributed by atoms with Gasteiger partial charge in [-0.2, -0.15) is 10.5 Å². The van der Waals surface area contributed by atoms with Gasteiger partial charge in [0.1, 0.15) is 17.7 Å². The Hall–Kier alpha value is -2.27. The molecule has 1 aromatic carbocycles. The van der Waals surface area contributed by atoms with Crippen LogP contribution in [0.4, 0.5) is 0 Å². The van der Waals surface area contributed by atoms with E-state index in [1.54, 1.807) is 6.08 Å². The Morgan fingerprint density at radius 2 is 1.64 bits per heavy atom. The van der Waals surface area contributed by atoms with Crippen LogP contribution in [0.15, 0.2) is 42.0 Å². The lowest BCUT2D eigenvalue weighted by atomic mass is 10.1. The molecule has 0 unspecified atom stereocenters. The van der Waals surface area contributed by atoms with E-state index in [4.69, 9.17) is 22.1 Å². The third-order valence-electron chi connectivity index (χ3n) is 3.63. The van der Waals surface area contributed by atoms with Crippen molar-refractivity contribution < 1.29 is 0 Å². The second-order valence-corrected chi connectivity index (χ2v) is 5.59. The van der Waals surface area contributed by atoms with Gasteiger partial charge >= 0.3 is 0 Å². The Bertz CT molecular complexity index is 637. The van der Waals surface area contributed by atoms with E-state index in [0.717, 1.165) is 37.4 Å². The van der Waals surface area contributed by atoms with Crippen molar-refractivity contribution in [3.8, 4) is 12.1 Å². The zero-order valence-corrected chi connectivity index (χ0v) is 13.2. The van der Waals surface area contributed by atoms with Crippen LogP contribution < -0.4 is 0 Å². The molecule has 0 bridgehead atoms. The Balaban J connectivity index is 2.35. The lowest BCUT2D eigenvalue weighted by Gasteiger charge is -2.35. The summed E-state index contributed by atoms with van der Waals surface area (Å²) in [5.41, 5.74) is 2.13. The third-order valence-corrected chi connectivity index (χ3v) is 3.88. The molecule has 1 heterocycles. The van der Waals surface area contributed by atoms with Crippen LogP contribution in [0.25, 0.3) is 5.70 Å². The molecular formula is C17H17ClN4. The van der Waals surface area contributed by atoms with Crippen LogP contribution in [0.2, 0.25) is 5.02 Å². The highest BCUT2D eigenvalue weighted by molar-refractivity contribution is 6.30. The number of piperazine rings is 1. The number of benzene rings is 1. The molecule has 0 spiro atoms. The van der Waals surface area contributed by atoms with Gasteiger partial charge in [0.25, 0.3) is 0 Å². The summed E-state index contributed by atoms with van der Waals surface area (Å²) in [6.07, 6.45) is 3.42. The molecule has 112 valence electrons. The highest BCUT2D eigenvalue weighted by atomic mass is 35.5. The summed E-state index contributed by atoms with van der Waals surface area (Å²) >= 11 is 5.96. The molecule has 1 saturated heterocycles. The smallest absolute Gasteiger partial charge is 0.129 e. The summed E-state index contributed by atoms with van der Waals surface area (Å²) in [6.45, 7) is 3.79. The summed E-state index contributed by atoms with van der Waals surface area (Å²) in [4.78, 5) is 4.55. The van der Waals surface area contributed by atoms with Crippen molar-refractivity contribution >= 4 is 17.3 Å². The van der Waals surface area contributed by atoms with Gasteiger partial charge < -0.3 is 9.80 Å². The number of nitriles is 2. The summed E-state index contributed by atoms with van der Waals surface area (Å²) in [5.74, 6) is 0. The second-order valence-electron chi connectivity index (χ2n) is 5.15. The first-order valence-corrected chi connectivity index (χ1v) is 7.43. The van der Waals surface area contributed by atoms with Crippen molar-refractivity contribution in [2.75, 3.05) is 33.2 Å². The van der Waals surface area contributed by atoms with Crippen LogP contribution in [0.1, 0.15) is 5.56 Å². The number of hydrogen-bond acceptors (Lipinski definition) is 4. The molecule has 0 amide bonds. The van der Waals surface area contributed by atoms with Gasteiger partial charge in [0.05, 0.1) is 0 Å². The Morgan fingerprint density at radius 3 is 2.18 bits per heavy atom. The van der Waals surface area contributed by atoms with Gasteiger partial charge in [0.15, 0.2) is 0 Å². The number of allylic oxidation sites excluding steroid dienone is 3. The fourth-order valence-electron chi connectivity index (χ4n) is 2.31. The maximum absolute atomic E-state index is 8.88. The minimum absolute atomic E-state index is 0.0978. The molecule has 2 rings (SSSR count). The van der Waals surface area contributed by atoms with Gasteiger partial charge in [-0.1, -0.05) is 23.7 Å². The van der Waals surface area contributed by atoms with E-state index < -0.39 is 0 Å². The largest absolute Gasteiger partial charge is 0.368 e. The molecule has 1 aromatic rings. The quantitative estimate of drug-likeness (QED) is 0.636. The van der Waals surface area contributed by atoms with Gasteiger partial charge in [-0.3, -0.25) is 0 Å². The van der Waals surface area contributed by atoms with Gasteiger partial charge in [-0.15, -0.1) is 0 Å². The van der Waals surface area contributed by atoms with Crippen molar-refractivity contribution in [1.29, 1.82) is 10.5 Å². The number of nitrogens with zero attached hydrogens (tertiary/aromatic N) is 4. The molecule has 1 aliphatic heterocycles. The van der Waals surface area contributed by atoms with E-state index in [1.165, 1.54) is 0 Å². The predicted molar refractivity (Wildman–Crippen MR) is 87.8 cm³/mol. The predicted octanol–water partition coefficient (Wildman–Crippen LogP) is 2.90. The van der Waals surface area contributed by atoms with E-state index in [1.807, 2.05) is 42.5 Å². The third kappa shape index (κ3) is 4.11. The molecule has 0 saturated carbocycles.